The minimum absolute atomic E-state index is 0.0424. The van der Waals surface area contributed by atoms with E-state index in [1.165, 1.54) is 6.08 Å². The van der Waals surface area contributed by atoms with Crippen molar-refractivity contribution < 1.29 is 9.53 Å². The first-order chi connectivity index (χ1) is 6.63. The number of likely N-dealkylation sites (N-methyl/N-ethyl adjacent to an activating group) is 1. The maximum atomic E-state index is 11.1. The van der Waals surface area contributed by atoms with Crippen LogP contribution in [0.3, 0.4) is 0 Å². The second-order valence-corrected chi connectivity index (χ2v) is 4.18. The molecule has 2 bridgehead atoms. The molecule has 0 aromatic carbocycles. The summed E-state index contributed by atoms with van der Waals surface area (Å²) in [6.07, 6.45) is 2.06. The molecule has 1 aliphatic heterocycles. The summed E-state index contributed by atoms with van der Waals surface area (Å²) in [4.78, 5) is 13.2. The van der Waals surface area contributed by atoms with Crippen molar-refractivity contribution in [2.75, 3.05) is 13.6 Å². The molecule has 0 radical (unpaired) electrons. The summed E-state index contributed by atoms with van der Waals surface area (Å²) in [6.45, 7) is 4.41. The molecule has 0 amide bonds. The molecule has 2 fully saturated rings. The highest BCUT2D eigenvalue weighted by Crippen LogP contribution is 2.37. The molecule has 2 aliphatic rings. The van der Waals surface area contributed by atoms with E-state index in [2.05, 4.69) is 11.5 Å². The quantitative estimate of drug-likeness (QED) is 0.488. The average molecular weight is 196 g/mol. The Labute approximate surface area is 83.7 Å². The zero-order valence-corrected chi connectivity index (χ0v) is 8.35. The zero-order chi connectivity index (χ0) is 10.3. The second-order valence-electron chi connectivity index (χ2n) is 4.18. The lowest BCUT2D eigenvalue weighted by atomic mass is 10.1. The second kappa shape index (κ2) is 3.37. The molecule has 1 saturated carbocycles. The third kappa shape index (κ3) is 1.35. The van der Waals surface area contributed by atoms with Crippen molar-refractivity contribution >= 4 is 5.97 Å². The van der Waals surface area contributed by atoms with E-state index in [1.807, 2.05) is 7.05 Å². The van der Waals surface area contributed by atoms with Crippen LogP contribution in [0.15, 0.2) is 12.7 Å². The first kappa shape index (κ1) is 9.68. The molecular formula is C10H16N2O2. The number of hydrogen-bond acceptors (Lipinski definition) is 4. The van der Waals surface area contributed by atoms with Gasteiger partial charge in [0.2, 0.25) is 0 Å². The Hall–Kier alpha value is -0.870. The van der Waals surface area contributed by atoms with Crippen molar-refractivity contribution in [3.8, 4) is 0 Å². The van der Waals surface area contributed by atoms with Crippen LogP contribution in [0.2, 0.25) is 0 Å². The molecule has 1 aliphatic carbocycles. The molecule has 1 saturated heterocycles. The van der Waals surface area contributed by atoms with E-state index in [0.29, 0.717) is 5.92 Å². The molecule has 0 aromatic heterocycles. The molecule has 2 rings (SSSR count). The van der Waals surface area contributed by atoms with Gasteiger partial charge in [-0.15, -0.1) is 0 Å². The van der Waals surface area contributed by atoms with Gasteiger partial charge >= 0.3 is 5.97 Å². The van der Waals surface area contributed by atoms with Gasteiger partial charge in [-0.25, -0.2) is 4.79 Å². The third-order valence-electron chi connectivity index (χ3n) is 3.32. The van der Waals surface area contributed by atoms with Crippen molar-refractivity contribution in [3.63, 3.8) is 0 Å². The molecule has 4 nitrogen and oxygen atoms in total. The van der Waals surface area contributed by atoms with Gasteiger partial charge < -0.3 is 10.5 Å². The number of ether oxygens (including phenoxy) is 1. The number of rotatable bonds is 2. The Balaban J connectivity index is 2.03. The van der Waals surface area contributed by atoms with Gasteiger partial charge in [-0.05, 0) is 19.4 Å². The van der Waals surface area contributed by atoms with Crippen LogP contribution in [0, 0.1) is 5.92 Å². The topological polar surface area (TPSA) is 55.6 Å². The Morgan fingerprint density at radius 3 is 2.93 bits per heavy atom. The van der Waals surface area contributed by atoms with Gasteiger partial charge in [0.1, 0.15) is 6.10 Å². The van der Waals surface area contributed by atoms with Gasteiger partial charge in [0.05, 0.1) is 6.04 Å². The number of nitrogens with zero attached hydrogens (tertiary/aromatic N) is 1. The number of carbonyl (C=O) groups excluding carboxylic acids is 1. The molecule has 4 atom stereocenters. The van der Waals surface area contributed by atoms with Crippen LogP contribution in [0.4, 0.5) is 0 Å². The first-order valence-corrected chi connectivity index (χ1v) is 4.92. The molecule has 0 spiro atoms. The first-order valence-electron chi connectivity index (χ1n) is 4.92. The molecule has 4 heteroatoms. The number of piperidine rings is 1. The number of carbonyl (C=O) groups is 1. The average Bonchev–Trinajstić information content (AvgIpc) is 2.57. The van der Waals surface area contributed by atoms with E-state index in [-0.39, 0.29) is 24.2 Å². The van der Waals surface area contributed by atoms with E-state index >= 15 is 0 Å². The lowest BCUT2D eigenvalue weighted by molar-refractivity contribution is -0.146. The van der Waals surface area contributed by atoms with Crippen LogP contribution in [-0.2, 0) is 9.53 Å². The largest absolute Gasteiger partial charge is 0.457 e. The molecule has 0 unspecified atom stereocenters. The summed E-state index contributed by atoms with van der Waals surface area (Å²) < 4.78 is 5.26. The van der Waals surface area contributed by atoms with Crippen LogP contribution in [0.25, 0.3) is 0 Å². The Kier molecular flexibility index (Phi) is 2.33. The van der Waals surface area contributed by atoms with Gasteiger partial charge in [0.15, 0.2) is 0 Å². The van der Waals surface area contributed by atoms with E-state index < -0.39 is 0 Å². The predicted octanol–water partition coefficient (Wildman–Crippen LogP) is -0.255. The predicted molar refractivity (Wildman–Crippen MR) is 52.6 cm³/mol. The van der Waals surface area contributed by atoms with Gasteiger partial charge in [0, 0.05) is 18.7 Å². The minimum Gasteiger partial charge on any atom is -0.457 e. The summed E-state index contributed by atoms with van der Waals surface area (Å²) in [5, 5.41) is 0. The van der Waals surface area contributed by atoms with Crippen molar-refractivity contribution in [1.82, 2.24) is 4.90 Å². The van der Waals surface area contributed by atoms with E-state index in [0.717, 1.165) is 13.0 Å². The lowest BCUT2D eigenvalue weighted by Crippen LogP contribution is -2.45. The zero-order valence-electron chi connectivity index (χ0n) is 8.35. The standard InChI is InChI=1S/C10H16N2O2/c1-3-8(13)14-7-4-6-5-12(2)10(7)9(6)11/h3,6-7,9-10H,1,4-5,11H2,2H3/t6-,7+,9-,10-/m1/s1. The summed E-state index contributed by atoms with van der Waals surface area (Å²) >= 11 is 0. The van der Waals surface area contributed by atoms with Crippen molar-refractivity contribution in [2.24, 2.45) is 11.7 Å². The Morgan fingerprint density at radius 1 is 1.71 bits per heavy atom. The summed E-state index contributed by atoms with van der Waals surface area (Å²) in [6, 6.07) is 0.353. The van der Waals surface area contributed by atoms with Crippen molar-refractivity contribution in [2.45, 2.75) is 24.6 Å². The summed E-state index contributed by atoms with van der Waals surface area (Å²) in [5.74, 6) is 0.135. The molecule has 2 N–H and O–H groups in total. The highest BCUT2D eigenvalue weighted by atomic mass is 16.5. The van der Waals surface area contributed by atoms with Crippen LogP contribution < -0.4 is 5.73 Å². The highest BCUT2D eigenvalue weighted by Gasteiger charge is 2.51. The fourth-order valence-electron chi connectivity index (χ4n) is 2.70. The third-order valence-corrected chi connectivity index (χ3v) is 3.32. The molecule has 14 heavy (non-hydrogen) atoms. The molecule has 78 valence electrons. The molecule has 0 aromatic rings. The maximum Gasteiger partial charge on any atom is 0.330 e. The Morgan fingerprint density at radius 2 is 2.43 bits per heavy atom. The SMILES string of the molecule is C=CC(=O)O[C@H]1C[C@@H]2CN(C)[C@H]1[C@@H]2N. The van der Waals surface area contributed by atoms with E-state index in [4.69, 9.17) is 10.5 Å². The van der Waals surface area contributed by atoms with Crippen LogP contribution in [0.1, 0.15) is 6.42 Å². The number of hydrogen-bond donors (Lipinski definition) is 1. The van der Waals surface area contributed by atoms with Gasteiger partial charge in [0.25, 0.3) is 0 Å². The summed E-state index contributed by atoms with van der Waals surface area (Å²) in [7, 11) is 2.03. The van der Waals surface area contributed by atoms with Gasteiger partial charge in [-0.3, -0.25) is 4.90 Å². The Bertz CT molecular complexity index is 267. The normalized spacial score (nSPS) is 41.3. The number of nitrogens with two attached hydrogens (primary N) is 1. The molecular weight excluding hydrogens is 180 g/mol. The van der Waals surface area contributed by atoms with E-state index in [1.54, 1.807) is 0 Å². The van der Waals surface area contributed by atoms with Crippen molar-refractivity contribution in [1.29, 1.82) is 0 Å². The maximum absolute atomic E-state index is 11.1. The van der Waals surface area contributed by atoms with Crippen LogP contribution >= 0.6 is 0 Å². The monoisotopic (exact) mass is 196 g/mol. The summed E-state index contributed by atoms with van der Waals surface area (Å²) in [5.41, 5.74) is 6.02. The molecule has 1 heterocycles. The fraction of sp³-hybridized carbons (Fsp3) is 0.700. The lowest BCUT2D eigenvalue weighted by Gasteiger charge is -2.29. The van der Waals surface area contributed by atoms with Crippen molar-refractivity contribution in [3.05, 3.63) is 12.7 Å². The van der Waals surface area contributed by atoms with E-state index in [9.17, 15) is 4.79 Å². The number of fused-ring (bicyclic) bond motifs is 2. The highest BCUT2D eigenvalue weighted by molar-refractivity contribution is 5.81. The van der Waals surface area contributed by atoms with Crippen LogP contribution in [-0.4, -0.2) is 42.6 Å². The minimum atomic E-state index is -0.344. The number of likely N-dealkylation sites (tertiary alicyclic amines) is 1. The fourth-order valence-corrected chi connectivity index (χ4v) is 2.70. The van der Waals surface area contributed by atoms with Gasteiger partial charge in [-0.1, -0.05) is 6.58 Å². The number of esters is 1. The smallest absolute Gasteiger partial charge is 0.330 e. The van der Waals surface area contributed by atoms with Gasteiger partial charge in [-0.2, -0.15) is 0 Å². The van der Waals surface area contributed by atoms with Crippen LogP contribution in [0.5, 0.6) is 0 Å².